The molecule has 0 amide bonds. The van der Waals surface area contributed by atoms with Crippen molar-refractivity contribution < 1.29 is 14.3 Å². The Hall–Kier alpha value is -1.30. The van der Waals surface area contributed by atoms with Crippen molar-refractivity contribution in [2.24, 2.45) is 4.99 Å². The molecule has 0 aromatic rings. The molecule has 2 N–H and O–H groups in total. The van der Waals surface area contributed by atoms with Gasteiger partial charge in [-0.15, -0.1) is 0 Å². The molecular weight excluding hydrogens is 270 g/mol. The lowest BCUT2D eigenvalue weighted by molar-refractivity contribution is -0.143. The Kier molecular flexibility index (Phi) is 8.12. The molecule has 122 valence electrons. The fourth-order valence-electron chi connectivity index (χ4n) is 2.22. The van der Waals surface area contributed by atoms with Crippen LogP contribution < -0.4 is 10.6 Å². The van der Waals surface area contributed by atoms with Gasteiger partial charge in [0, 0.05) is 26.1 Å². The third kappa shape index (κ3) is 7.32. The standard InChI is InChI=1S/C15H29N3O3/c1-4-16-14(17-10-6-8-13(19)20-5-2)18-12-15(3)9-7-11-21-15/h4-12H2,1-3H3,(H2,16,17,18). The molecule has 0 aromatic carbocycles. The second-order valence-corrected chi connectivity index (χ2v) is 5.43. The molecule has 1 heterocycles. The summed E-state index contributed by atoms with van der Waals surface area (Å²) in [4.78, 5) is 15.8. The zero-order chi connectivity index (χ0) is 15.6. The number of guanidine groups is 1. The van der Waals surface area contributed by atoms with Gasteiger partial charge < -0.3 is 20.1 Å². The van der Waals surface area contributed by atoms with E-state index in [1.54, 1.807) is 0 Å². The molecule has 1 fully saturated rings. The van der Waals surface area contributed by atoms with Crippen LogP contribution >= 0.6 is 0 Å². The smallest absolute Gasteiger partial charge is 0.305 e. The van der Waals surface area contributed by atoms with Crippen molar-refractivity contribution in [2.45, 2.75) is 52.1 Å². The van der Waals surface area contributed by atoms with E-state index in [0.29, 0.717) is 26.1 Å². The Bertz CT molecular complexity index is 339. The number of carbonyl (C=O) groups is 1. The van der Waals surface area contributed by atoms with E-state index in [1.165, 1.54) is 0 Å². The van der Waals surface area contributed by atoms with Crippen LogP contribution in [0.15, 0.2) is 4.99 Å². The van der Waals surface area contributed by atoms with E-state index in [-0.39, 0.29) is 11.6 Å². The van der Waals surface area contributed by atoms with Gasteiger partial charge in [-0.2, -0.15) is 0 Å². The van der Waals surface area contributed by atoms with Crippen molar-refractivity contribution in [3.05, 3.63) is 0 Å². The molecule has 0 bridgehead atoms. The van der Waals surface area contributed by atoms with Crippen LogP contribution in [0.2, 0.25) is 0 Å². The molecule has 6 nitrogen and oxygen atoms in total. The van der Waals surface area contributed by atoms with Crippen LogP contribution in [0, 0.1) is 0 Å². The molecule has 0 radical (unpaired) electrons. The van der Waals surface area contributed by atoms with Gasteiger partial charge in [-0.3, -0.25) is 9.79 Å². The summed E-state index contributed by atoms with van der Waals surface area (Å²) in [6.07, 6.45) is 3.33. The van der Waals surface area contributed by atoms with Crippen molar-refractivity contribution in [3.63, 3.8) is 0 Å². The lowest BCUT2D eigenvalue weighted by Gasteiger charge is -2.21. The fourth-order valence-corrected chi connectivity index (χ4v) is 2.22. The highest BCUT2D eigenvalue weighted by atomic mass is 16.5. The normalized spacial score (nSPS) is 22.1. The number of esters is 1. The molecule has 6 heteroatoms. The number of ether oxygens (including phenoxy) is 2. The molecule has 1 saturated heterocycles. The minimum absolute atomic E-state index is 0.132. The van der Waals surface area contributed by atoms with Crippen LogP contribution in [0.3, 0.4) is 0 Å². The molecule has 0 aliphatic carbocycles. The monoisotopic (exact) mass is 299 g/mol. The summed E-state index contributed by atoms with van der Waals surface area (Å²) in [5.74, 6) is 0.631. The van der Waals surface area contributed by atoms with Crippen molar-refractivity contribution in [2.75, 3.05) is 32.8 Å². The molecular formula is C15H29N3O3. The second-order valence-electron chi connectivity index (χ2n) is 5.43. The summed E-state index contributed by atoms with van der Waals surface area (Å²) in [7, 11) is 0. The summed E-state index contributed by atoms with van der Waals surface area (Å²) in [5.41, 5.74) is -0.132. The average Bonchev–Trinajstić information content (AvgIpc) is 2.88. The summed E-state index contributed by atoms with van der Waals surface area (Å²) in [6.45, 7) is 9.38. The third-order valence-corrected chi connectivity index (χ3v) is 3.37. The first kappa shape index (κ1) is 17.8. The number of hydrogen-bond donors (Lipinski definition) is 2. The van der Waals surface area contributed by atoms with E-state index in [1.807, 2.05) is 13.8 Å². The molecule has 1 aliphatic heterocycles. The van der Waals surface area contributed by atoms with E-state index < -0.39 is 0 Å². The van der Waals surface area contributed by atoms with Gasteiger partial charge in [0.25, 0.3) is 0 Å². The number of aliphatic imine (C=N–C) groups is 1. The van der Waals surface area contributed by atoms with Crippen molar-refractivity contribution >= 4 is 11.9 Å². The number of rotatable bonds is 8. The Morgan fingerprint density at radius 1 is 1.38 bits per heavy atom. The maximum absolute atomic E-state index is 11.2. The van der Waals surface area contributed by atoms with Crippen LogP contribution in [-0.2, 0) is 14.3 Å². The largest absolute Gasteiger partial charge is 0.466 e. The van der Waals surface area contributed by atoms with Crippen molar-refractivity contribution in [1.82, 2.24) is 10.6 Å². The van der Waals surface area contributed by atoms with E-state index in [0.717, 1.165) is 38.4 Å². The van der Waals surface area contributed by atoms with Gasteiger partial charge in [0.1, 0.15) is 0 Å². The van der Waals surface area contributed by atoms with Gasteiger partial charge in [-0.1, -0.05) is 0 Å². The average molecular weight is 299 g/mol. The van der Waals surface area contributed by atoms with Gasteiger partial charge in [-0.25, -0.2) is 0 Å². The number of nitrogens with zero attached hydrogens (tertiary/aromatic N) is 1. The van der Waals surface area contributed by atoms with E-state index in [4.69, 9.17) is 9.47 Å². The van der Waals surface area contributed by atoms with Gasteiger partial charge in [0.05, 0.1) is 18.8 Å². The Morgan fingerprint density at radius 2 is 2.19 bits per heavy atom. The van der Waals surface area contributed by atoms with E-state index >= 15 is 0 Å². The lowest BCUT2D eigenvalue weighted by atomic mass is 10.0. The maximum Gasteiger partial charge on any atom is 0.305 e. The maximum atomic E-state index is 11.2. The summed E-state index contributed by atoms with van der Waals surface area (Å²) >= 11 is 0. The third-order valence-electron chi connectivity index (χ3n) is 3.37. The Labute approximate surface area is 127 Å². The topological polar surface area (TPSA) is 72.0 Å². The SMILES string of the molecule is CCNC(=NCC1(C)CCCO1)NCCCC(=O)OCC. The predicted octanol–water partition coefficient (Wildman–Crippen LogP) is 1.45. The first-order valence-electron chi connectivity index (χ1n) is 7.91. The van der Waals surface area contributed by atoms with E-state index in [2.05, 4.69) is 22.5 Å². The van der Waals surface area contributed by atoms with Gasteiger partial charge >= 0.3 is 5.97 Å². The van der Waals surface area contributed by atoms with Crippen LogP contribution in [0.4, 0.5) is 0 Å². The van der Waals surface area contributed by atoms with Gasteiger partial charge in [0.2, 0.25) is 0 Å². The molecule has 1 unspecified atom stereocenters. The fraction of sp³-hybridized carbons (Fsp3) is 0.867. The zero-order valence-electron chi connectivity index (χ0n) is 13.5. The molecule has 1 aliphatic rings. The van der Waals surface area contributed by atoms with Gasteiger partial charge in [0.15, 0.2) is 5.96 Å². The number of nitrogens with one attached hydrogen (secondary N) is 2. The zero-order valence-corrected chi connectivity index (χ0v) is 13.5. The van der Waals surface area contributed by atoms with Crippen molar-refractivity contribution in [1.29, 1.82) is 0 Å². The first-order chi connectivity index (χ1) is 10.1. The lowest BCUT2D eigenvalue weighted by Crippen LogP contribution is -2.39. The summed E-state index contributed by atoms with van der Waals surface area (Å²) < 4.78 is 10.6. The van der Waals surface area contributed by atoms with Crippen LogP contribution in [0.25, 0.3) is 0 Å². The highest BCUT2D eigenvalue weighted by molar-refractivity contribution is 5.79. The first-order valence-corrected chi connectivity index (χ1v) is 7.91. The van der Waals surface area contributed by atoms with Crippen molar-refractivity contribution in [3.8, 4) is 0 Å². The number of hydrogen-bond acceptors (Lipinski definition) is 4. The van der Waals surface area contributed by atoms with Crippen LogP contribution in [0.1, 0.15) is 46.5 Å². The number of carbonyl (C=O) groups excluding carboxylic acids is 1. The molecule has 21 heavy (non-hydrogen) atoms. The van der Waals surface area contributed by atoms with E-state index in [9.17, 15) is 4.79 Å². The highest BCUT2D eigenvalue weighted by Gasteiger charge is 2.29. The quantitative estimate of drug-likeness (QED) is 0.307. The van der Waals surface area contributed by atoms with Crippen LogP contribution in [-0.4, -0.2) is 50.4 Å². The summed E-state index contributed by atoms with van der Waals surface area (Å²) in [6, 6.07) is 0. The van der Waals surface area contributed by atoms with Gasteiger partial charge in [-0.05, 0) is 40.0 Å². The summed E-state index contributed by atoms with van der Waals surface area (Å²) in [5, 5.41) is 6.44. The van der Waals surface area contributed by atoms with Crippen LogP contribution in [0.5, 0.6) is 0 Å². The minimum atomic E-state index is -0.145. The Morgan fingerprint density at radius 3 is 2.81 bits per heavy atom. The molecule has 0 saturated carbocycles. The highest BCUT2D eigenvalue weighted by Crippen LogP contribution is 2.24. The molecule has 0 spiro atoms. The predicted molar refractivity (Wildman–Crippen MR) is 83.4 cm³/mol. The minimum Gasteiger partial charge on any atom is -0.466 e. The second kappa shape index (κ2) is 9.60. The molecule has 1 atom stereocenters. The molecule has 1 rings (SSSR count). The Balaban J connectivity index is 2.30. The molecule has 0 aromatic heterocycles.